The van der Waals surface area contributed by atoms with Gasteiger partial charge >= 0.3 is 0 Å². The van der Waals surface area contributed by atoms with Gasteiger partial charge in [-0.05, 0) is 67.1 Å². The summed E-state index contributed by atoms with van der Waals surface area (Å²) >= 11 is 0. The van der Waals surface area contributed by atoms with Gasteiger partial charge in [-0.2, -0.15) is 0 Å². The SMILES string of the molecule is COc1ccc(S(=O)(=O)N(C)c2ccc(C(=O)Nc3ccccc3OC)cc2C)cc1. The number of aryl methyl sites for hydroxylation is 1. The van der Waals surface area contributed by atoms with E-state index in [0.717, 1.165) is 0 Å². The molecule has 0 spiro atoms. The summed E-state index contributed by atoms with van der Waals surface area (Å²) in [5.74, 6) is 0.803. The van der Waals surface area contributed by atoms with E-state index < -0.39 is 10.0 Å². The number of para-hydroxylation sites is 2. The lowest BCUT2D eigenvalue weighted by Gasteiger charge is -2.22. The Hall–Kier alpha value is -3.52. The van der Waals surface area contributed by atoms with Crippen LogP contribution >= 0.6 is 0 Å². The van der Waals surface area contributed by atoms with Crippen molar-refractivity contribution in [2.75, 3.05) is 30.9 Å². The summed E-state index contributed by atoms with van der Waals surface area (Å²) in [7, 11) is 0.762. The average molecular weight is 441 g/mol. The summed E-state index contributed by atoms with van der Waals surface area (Å²) in [5, 5.41) is 2.81. The van der Waals surface area contributed by atoms with Crippen LogP contribution in [0.2, 0.25) is 0 Å². The summed E-state index contributed by atoms with van der Waals surface area (Å²) < 4.78 is 37.6. The molecule has 0 aliphatic carbocycles. The fourth-order valence-corrected chi connectivity index (χ4v) is 4.39. The van der Waals surface area contributed by atoms with Crippen LogP contribution in [0.5, 0.6) is 11.5 Å². The number of benzene rings is 3. The number of ether oxygens (including phenoxy) is 2. The fourth-order valence-electron chi connectivity index (χ4n) is 3.13. The third-order valence-electron chi connectivity index (χ3n) is 4.87. The number of methoxy groups -OCH3 is 2. The minimum Gasteiger partial charge on any atom is -0.497 e. The molecule has 0 fully saturated rings. The topological polar surface area (TPSA) is 84.9 Å². The number of hydrogen-bond donors (Lipinski definition) is 1. The Morgan fingerprint density at radius 2 is 1.61 bits per heavy atom. The molecule has 0 saturated heterocycles. The van der Waals surface area contributed by atoms with Crippen LogP contribution in [0, 0.1) is 6.92 Å². The molecule has 1 amide bonds. The van der Waals surface area contributed by atoms with E-state index in [1.54, 1.807) is 55.5 Å². The number of nitrogens with one attached hydrogen (secondary N) is 1. The van der Waals surface area contributed by atoms with Gasteiger partial charge in [0.2, 0.25) is 0 Å². The van der Waals surface area contributed by atoms with E-state index in [9.17, 15) is 13.2 Å². The van der Waals surface area contributed by atoms with Crippen LogP contribution in [0.1, 0.15) is 15.9 Å². The van der Waals surface area contributed by atoms with Crippen molar-refractivity contribution in [2.24, 2.45) is 0 Å². The van der Waals surface area contributed by atoms with E-state index in [-0.39, 0.29) is 10.8 Å². The first kappa shape index (κ1) is 22.2. The van der Waals surface area contributed by atoms with Crippen molar-refractivity contribution in [1.82, 2.24) is 0 Å². The second kappa shape index (κ2) is 9.09. The average Bonchev–Trinajstić information content (AvgIpc) is 2.78. The summed E-state index contributed by atoms with van der Waals surface area (Å²) in [6.45, 7) is 1.76. The molecule has 8 heteroatoms. The molecule has 0 atom stereocenters. The lowest BCUT2D eigenvalue weighted by atomic mass is 10.1. The maximum atomic E-state index is 13.0. The largest absolute Gasteiger partial charge is 0.497 e. The Balaban J connectivity index is 1.84. The van der Waals surface area contributed by atoms with Crippen LogP contribution < -0.4 is 19.1 Å². The molecule has 3 rings (SSSR count). The smallest absolute Gasteiger partial charge is 0.264 e. The van der Waals surface area contributed by atoms with Crippen molar-refractivity contribution < 1.29 is 22.7 Å². The van der Waals surface area contributed by atoms with Crippen molar-refractivity contribution in [1.29, 1.82) is 0 Å². The minimum atomic E-state index is -3.77. The standard InChI is InChI=1S/C23H24N2O5S/c1-16-15-17(23(26)24-20-7-5-6-8-22(20)30-4)9-14-21(16)25(2)31(27,28)19-12-10-18(29-3)11-13-19/h5-15H,1-4H3,(H,24,26). The Labute approximate surface area is 182 Å². The molecule has 3 aromatic carbocycles. The molecule has 0 aliphatic rings. The van der Waals surface area contributed by atoms with Crippen molar-refractivity contribution in [3.8, 4) is 11.5 Å². The van der Waals surface area contributed by atoms with Crippen LogP contribution in [0.15, 0.2) is 71.6 Å². The Morgan fingerprint density at radius 3 is 2.23 bits per heavy atom. The Morgan fingerprint density at radius 1 is 0.935 bits per heavy atom. The molecule has 0 radical (unpaired) electrons. The van der Waals surface area contributed by atoms with Crippen molar-refractivity contribution >= 4 is 27.3 Å². The second-order valence-corrected chi connectivity index (χ2v) is 8.77. The zero-order valence-electron chi connectivity index (χ0n) is 17.7. The van der Waals surface area contributed by atoms with E-state index in [4.69, 9.17) is 9.47 Å². The highest BCUT2D eigenvalue weighted by Gasteiger charge is 2.23. The van der Waals surface area contributed by atoms with Crippen molar-refractivity contribution in [2.45, 2.75) is 11.8 Å². The first-order valence-corrected chi connectivity index (χ1v) is 10.9. The van der Waals surface area contributed by atoms with Gasteiger partial charge in [0, 0.05) is 12.6 Å². The zero-order valence-corrected chi connectivity index (χ0v) is 18.6. The number of anilines is 2. The lowest BCUT2D eigenvalue weighted by Crippen LogP contribution is -2.27. The molecule has 0 aliphatic heterocycles. The summed E-state index contributed by atoms with van der Waals surface area (Å²) in [6.07, 6.45) is 0. The number of hydrogen-bond acceptors (Lipinski definition) is 5. The van der Waals surface area contributed by atoms with Crippen LogP contribution in [0.25, 0.3) is 0 Å². The van der Waals surface area contributed by atoms with Crippen LogP contribution in [-0.2, 0) is 10.0 Å². The monoisotopic (exact) mass is 440 g/mol. The highest BCUT2D eigenvalue weighted by molar-refractivity contribution is 7.92. The molecule has 31 heavy (non-hydrogen) atoms. The first-order valence-electron chi connectivity index (χ1n) is 9.46. The molecule has 7 nitrogen and oxygen atoms in total. The Bertz CT molecular complexity index is 1190. The van der Waals surface area contributed by atoms with E-state index in [1.807, 2.05) is 6.07 Å². The normalized spacial score (nSPS) is 11.0. The molecular formula is C23H24N2O5S. The number of amides is 1. The quantitative estimate of drug-likeness (QED) is 0.598. The number of carbonyl (C=O) groups is 1. The van der Waals surface area contributed by atoms with Crippen LogP contribution in [0.3, 0.4) is 0 Å². The third kappa shape index (κ3) is 4.64. The third-order valence-corrected chi connectivity index (χ3v) is 6.66. The van der Waals surface area contributed by atoms with Gasteiger partial charge in [0.1, 0.15) is 11.5 Å². The fraction of sp³-hybridized carbons (Fsp3) is 0.174. The number of rotatable bonds is 7. The summed E-state index contributed by atoms with van der Waals surface area (Å²) in [4.78, 5) is 12.8. The molecule has 0 aromatic heterocycles. The molecule has 0 bridgehead atoms. The van der Waals surface area contributed by atoms with Gasteiger partial charge in [-0.15, -0.1) is 0 Å². The minimum absolute atomic E-state index is 0.146. The zero-order chi connectivity index (χ0) is 22.6. The second-order valence-electron chi connectivity index (χ2n) is 6.80. The van der Waals surface area contributed by atoms with Crippen LogP contribution in [0.4, 0.5) is 11.4 Å². The van der Waals surface area contributed by atoms with Gasteiger partial charge < -0.3 is 14.8 Å². The van der Waals surface area contributed by atoms with E-state index in [2.05, 4.69) is 5.32 Å². The van der Waals surface area contributed by atoms with Gasteiger partial charge in [0.05, 0.1) is 30.5 Å². The molecule has 1 N–H and O–H groups in total. The van der Waals surface area contributed by atoms with Gasteiger partial charge in [0.15, 0.2) is 0 Å². The summed E-state index contributed by atoms with van der Waals surface area (Å²) in [6, 6.07) is 18.1. The molecule has 0 saturated carbocycles. The number of nitrogens with zero attached hydrogens (tertiary/aromatic N) is 1. The van der Waals surface area contributed by atoms with Crippen LogP contribution in [-0.4, -0.2) is 35.6 Å². The predicted molar refractivity (Wildman–Crippen MR) is 121 cm³/mol. The van der Waals surface area contributed by atoms with E-state index in [1.165, 1.54) is 37.7 Å². The molecule has 3 aromatic rings. The van der Waals surface area contributed by atoms with E-state index in [0.29, 0.717) is 34.0 Å². The van der Waals surface area contributed by atoms with Gasteiger partial charge in [-0.1, -0.05) is 12.1 Å². The maximum Gasteiger partial charge on any atom is 0.264 e. The van der Waals surface area contributed by atoms with Crippen molar-refractivity contribution in [3.05, 3.63) is 77.9 Å². The predicted octanol–water partition coefficient (Wildman–Crippen LogP) is 4.09. The number of sulfonamides is 1. The molecule has 162 valence electrons. The Kier molecular flexibility index (Phi) is 6.50. The lowest BCUT2D eigenvalue weighted by molar-refractivity contribution is 0.102. The van der Waals surface area contributed by atoms with Gasteiger partial charge in [0.25, 0.3) is 15.9 Å². The van der Waals surface area contributed by atoms with Gasteiger partial charge in [-0.3, -0.25) is 9.10 Å². The first-order chi connectivity index (χ1) is 14.8. The summed E-state index contributed by atoms with van der Waals surface area (Å²) in [5.41, 5.74) is 2.08. The highest BCUT2D eigenvalue weighted by Crippen LogP contribution is 2.28. The molecule has 0 heterocycles. The molecular weight excluding hydrogens is 416 g/mol. The molecule has 0 unspecified atom stereocenters. The highest BCUT2D eigenvalue weighted by atomic mass is 32.2. The van der Waals surface area contributed by atoms with E-state index >= 15 is 0 Å². The van der Waals surface area contributed by atoms with Crippen molar-refractivity contribution in [3.63, 3.8) is 0 Å². The van der Waals surface area contributed by atoms with Gasteiger partial charge in [-0.25, -0.2) is 8.42 Å². The number of carbonyl (C=O) groups excluding carboxylic acids is 1. The maximum absolute atomic E-state index is 13.0.